The van der Waals surface area contributed by atoms with Crippen molar-refractivity contribution < 1.29 is 17.6 Å². The lowest BCUT2D eigenvalue weighted by molar-refractivity contribution is -0.157. The molecule has 0 atom stereocenters. The highest BCUT2D eigenvalue weighted by molar-refractivity contribution is 5.01. The molecule has 1 aromatic heterocycles. The molecule has 0 amide bonds. The van der Waals surface area contributed by atoms with Crippen molar-refractivity contribution >= 4 is 0 Å². The summed E-state index contributed by atoms with van der Waals surface area (Å²) in [6.07, 6.45) is -3.89. The second-order valence-corrected chi connectivity index (χ2v) is 1.96. The molecular weight excluding hydrogens is 173 g/mol. The van der Waals surface area contributed by atoms with E-state index in [-0.39, 0.29) is 12.2 Å². The molecule has 6 heteroatoms. The van der Waals surface area contributed by atoms with Crippen LogP contribution in [0, 0.1) is 11.3 Å². The second kappa shape index (κ2) is 2.85. The van der Waals surface area contributed by atoms with Gasteiger partial charge in [0.2, 0.25) is 0 Å². The van der Waals surface area contributed by atoms with E-state index in [1.165, 1.54) is 0 Å². The summed E-state index contributed by atoms with van der Waals surface area (Å²) in [5, 5.41) is 8.11. The zero-order valence-electron chi connectivity index (χ0n) is 5.72. The summed E-state index contributed by atoms with van der Waals surface area (Å²) in [6, 6.07) is 1.65. The van der Waals surface area contributed by atoms with Gasteiger partial charge in [0, 0.05) is 0 Å². The molecule has 0 spiro atoms. The van der Waals surface area contributed by atoms with Gasteiger partial charge in [-0.1, -0.05) is 0 Å². The average Bonchev–Trinajstić information content (AvgIpc) is 2.35. The molecular formula is C6H3F3N2O. The number of oxazole rings is 1. The maximum absolute atomic E-state index is 11.8. The van der Waals surface area contributed by atoms with Gasteiger partial charge in [-0.2, -0.15) is 18.4 Å². The van der Waals surface area contributed by atoms with E-state index in [2.05, 4.69) is 9.40 Å². The third kappa shape index (κ3) is 1.75. The molecule has 0 saturated heterocycles. The first kappa shape index (κ1) is 8.59. The number of halogens is 3. The van der Waals surface area contributed by atoms with Crippen LogP contribution in [0.2, 0.25) is 0 Å². The predicted octanol–water partition coefficient (Wildman–Crippen LogP) is 1.76. The third-order valence-corrected chi connectivity index (χ3v) is 1.05. The van der Waals surface area contributed by atoms with Crippen LogP contribution in [0.5, 0.6) is 0 Å². The summed E-state index contributed by atoms with van der Waals surface area (Å²) in [4.78, 5) is 2.96. The number of alkyl halides is 3. The standard InChI is InChI=1S/C6H3F3N2O/c7-6(8,9)5-11-3-4(12-5)1-2-10/h3H,1H2. The minimum absolute atomic E-state index is 0.0789. The highest BCUT2D eigenvalue weighted by atomic mass is 19.4. The van der Waals surface area contributed by atoms with Crippen molar-refractivity contribution in [1.29, 1.82) is 5.26 Å². The van der Waals surface area contributed by atoms with Crippen LogP contribution in [0.15, 0.2) is 10.6 Å². The number of hydrogen-bond donors (Lipinski definition) is 0. The topological polar surface area (TPSA) is 49.8 Å². The van der Waals surface area contributed by atoms with Crippen LogP contribution in [0.3, 0.4) is 0 Å². The number of aromatic nitrogens is 1. The fraction of sp³-hybridized carbons (Fsp3) is 0.333. The van der Waals surface area contributed by atoms with Gasteiger partial charge in [0.15, 0.2) is 0 Å². The molecule has 0 radical (unpaired) electrons. The molecule has 1 rings (SSSR count). The Morgan fingerprint density at radius 3 is 2.67 bits per heavy atom. The highest BCUT2D eigenvalue weighted by Gasteiger charge is 2.36. The Kier molecular flexibility index (Phi) is 2.04. The molecule has 0 unspecified atom stereocenters. The van der Waals surface area contributed by atoms with Crippen LogP contribution in [0.1, 0.15) is 11.7 Å². The lowest BCUT2D eigenvalue weighted by Crippen LogP contribution is -2.04. The van der Waals surface area contributed by atoms with E-state index in [9.17, 15) is 13.2 Å². The van der Waals surface area contributed by atoms with Gasteiger partial charge in [0.05, 0.1) is 18.7 Å². The Morgan fingerprint density at radius 1 is 1.58 bits per heavy atom. The lowest BCUT2D eigenvalue weighted by atomic mass is 10.4. The zero-order valence-corrected chi connectivity index (χ0v) is 5.72. The molecule has 0 fully saturated rings. The van der Waals surface area contributed by atoms with Crippen molar-refractivity contribution in [2.24, 2.45) is 0 Å². The molecule has 0 aliphatic heterocycles. The van der Waals surface area contributed by atoms with Crippen molar-refractivity contribution in [3.8, 4) is 6.07 Å². The largest absolute Gasteiger partial charge is 0.468 e. The molecule has 0 saturated carbocycles. The molecule has 0 aliphatic carbocycles. The van der Waals surface area contributed by atoms with E-state index in [4.69, 9.17) is 5.26 Å². The molecule has 1 aromatic rings. The lowest BCUT2D eigenvalue weighted by Gasteiger charge is -1.97. The highest BCUT2D eigenvalue weighted by Crippen LogP contribution is 2.28. The van der Waals surface area contributed by atoms with Crippen molar-refractivity contribution in [2.45, 2.75) is 12.6 Å². The first-order chi connectivity index (χ1) is 5.54. The maximum Gasteiger partial charge on any atom is 0.468 e. The minimum Gasteiger partial charge on any atom is -0.437 e. The summed E-state index contributed by atoms with van der Waals surface area (Å²) in [5.41, 5.74) is 0. The number of rotatable bonds is 1. The van der Waals surface area contributed by atoms with Crippen LogP contribution in [0.25, 0.3) is 0 Å². The van der Waals surface area contributed by atoms with Crippen LogP contribution < -0.4 is 0 Å². The van der Waals surface area contributed by atoms with Crippen molar-refractivity contribution in [2.75, 3.05) is 0 Å². The van der Waals surface area contributed by atoms with Crippen LogP contribution in [0.4, 0.5) is 13.2 Å². The number of nitriles is 1. The molecule has 0 aliphatic rings. The van der Waals surface area contributed by atoms with Crippen molar-refractivity contribution in [3.63, 3.8) is 0 Å². The van der Waals surface area contributed by atoms with Gasteiger partial charge in [-0.15, -0.1) is 0 Å². The van der Waals surface area contributed by atoms with E-state index in [0.717, 1.165) is 6.20 Å². The molecule has 1 heterocycles. The van der Waals surface area contributed by atoms with E-state index >= 15 is 0 Å². The smallest absolute Gasteiger partial charge is 0.437 e. The van der Waals surface area contributed by atoms with E-state index in [1.54, 1.807) is 6.07 Å². The molecule has 0 aromatic carbocycles. The predicted molar refractivity (Wildman–Crippen MR) is 30.8 cm³/mol. The maximum atomic E-state index is 11.8. The van der Waals surface area contributed by atoms with Gasteiger partial charge in [-0.05, 0) is 0 Å². The van der Waals surface area contributed by atoms with Crippen molar-refractivity contribution in [3.05, 3.63) is 17.8 Å². The third-order valence-electron chi connectivity index (χ3n) is 1.05. The Balaban J connectivity index is 2.86. The molecule has 3 nitrogen and oxygen atoms in total. The molecule has 0 N–H and O–H groups in total. The quantitative estimate of drug-likeness (QED) is 0.654. The molecule has 64 valence electrons. The summed E-state index contributed by atoms with van der Waals surface area (Å²) in [6.45, 7) is 0. The van der Waals surface area contributed by atoms with Gasteiger partial charge >= 0.3 is 12.1 Å². The van der Waals surface area contributed by atoms with Gasteiger partial charge in [0.1, 0.15) is 5.76 Å². The van der Waals surface area contributed by atoms with Gasteiger partial charge in [0.25, 0.3) is 0 Å². The van der Waals surface area contributed by atoms with E-state index < -0.39 is 12.1 Å². The molecule has 12 heavy (non-hydrogen) atoms. The second-order valence-electron chi connectivity index (χ2n) is 1.96. The van der Waals surface area contributed by atoms with E-state index in [1.807, 2.05) is 0 Å². The summed E-state index contributed by atoms with van der Waals surface area (Å²) in [5.74, 6) is -1.39. The van der Waals surface area contributed by atoms with Crippen molar-refractivity contribution in [1.82, 2.24) is 4.98 Å². The summed E-state index contributed by atoms with van der Waals surface area (Å²) >= 11 is 0. The summed E-state index contributed by atoms with van der Waals surface area (Å²) < 4.78 is 39.6. The fourth-order valence-corrected chi connectivity index (χ4v) is 0.598. The van der Waals surface area contributed by atoms with Gasteiger partial charge < -0.3 is 4.42 Å². The monoisotopic (exact) mass is 176 g/mol. The van der Waals surface area contributed by atoms with Crippen LogP contribution >= 0.6 is 0 Å². The Morgan fingerprint density at radius 2 is 2.25 bits per heavy atom. The van der Waals surface area contributed by atoms with Gasteiger partial charge in [-0.3, -0.25) is 0 Å². The SMILES string of the molecule is N#CCc1cnc(C(F)(F)F)o1. The summed E-state index contributed by atoms with van der Waals surface area (Å²) in [7, 11) is 0. The van der Waals surface area contributed by atoms with Crippen LogP contribution in [-0.2, 0) is 12.6 Å². The number of nitrogens with zero attached hydrogens (tertiary/aromatic N) is 2. The normalized spacial score (nSPS) is 11.2. The van der Waals surface area contributed by atoms with Crippen LogP contribution in [-0.4, -0.2) is 4.98 Å². The Hall–Kier alpha value is -1.51. The Labute approximate surface area is 65.4 Å². The zero-order chi connectivity index (χ0) is 9.19. The number of hydrogen-bond acceptors (Lipinski definition) is 3. The van der Waals surface area contributed by atoms with Gasteiger partial charge in [-0.25, -0.2) is 4.98 Å². The first-order valence-electron chi connectivity index (χ1n) is 2.93. The molecule has 0 bridgehead atoms. The first-order valence-corrected chi connectivity index (χ1v) is 2.93. The Bertz CT molecular complexity index is 309. The minimum atomic E-state index is -4.58. The average molecular weight is 176 g/mol. The fourth-order valence-electron chi connectivity index (χ4n) is 0.598. The van der Waals surface area contributed by atoms with E-state index in [0.29, 0.717) is 0 Å².